The van der Waals surface area contributed by atoms with Gasteiger partial charge in [-0.2, -0.15) is 0 Å². The maximum atomic E-state index is 12.7. The first-order chi connectivity index (χ1) is 14.5. The second-order valence-electron chi connectivity index (χ2n) is 7.32. The van der Waals surface area contributed by atoms with Gasteiger partial charge in [0, 0.05) is 29.4 Å². The fraction of sp³-hybridized carbons (Fsp3) is 0.136. The number of pyridine rings is 2. The Kier molecular flexibility index (Phi) is 4.60. The highest BCUT2D eigenvalue weighted by Gasteiger charge is 2.24. The van der Waals surface area contributed by atoms with Gasteiger partial charge in [0.05, 0.1) is 41.6 Å². The molecule has 4 aromatic rings. The third-order valence-corrected chi connectivity index (χ3v) is 6.00. The molecule has 1 aliphatic heterocycles. The van der Waals surface area contributed by atoms with Gasteiger partial charge in [-0.25, -0.2) is 4.98 Å². The van der Waals surface area contributed by atoms with Crippen LogP contribution in [0.3, 0.4) is 0 Å². The van der Waals surface area contributed by atoms with E-state index in [-0.39, 0.29) is 11.3 Å². The van der Waals surface area contributed by atoms with E-state index in [9.17, 15) is 9.59 Å². The van der Waals surface area contributed by atoms with Gasteiger partial charge < -0.3 is 14.5 Å². The Morgan fingerprint density at radius 3 is 2.60 bits per heavy atom. The molecule has 0 unspecified atom stereocenters. The number of anilines is 1. The van der Waals surface area contributed by atoms with Gasteiger partial charge >= 0.3 is 0 Å². The SMILES string of the molecule is O=C1CN(c2cnc3[nH]cc(-c4ccn(Cc5ccc(Cl)c(Cl)c5)c(=O)c4)c3c2)C1. The van der Waals surface area contributed by atoms with Gasteiger partial charge in [-0.15, -0.1) is 0 Å². The zero-order chi connectivity index (χ0) is 20.8. The summed E-state index contributed by atoms with van der Waals surface area (Å²) in [5.41, 5.74) is 4.10. The standard InChI is InChI=1S/C22H16Cl2N4O2/c23-19-2-1-13(5-20(19)24)10-27-4-3-14(6-21(27)30)18-9-26-22-17(18)7-15(8-25-22)28-11-16(29)12-28/h1-9H,10-12H2,(H,25,26). The summed E-state index contributed by atoms with van der Waals surface area (Å²) >= 11 is 12.0. The molecule has 1 aromatic carbocycles. The van der Waals surface area contributed by atoms with E-state index in [0.717, 1.165) is 33.4 Å². The number of H-pyrrole nitrogens is 1. The third-order valence-electron chi connectivity index (χ3n) is 5.26. The summed E-state index contributed by atoms with van der Waals surface area (Å²) in [6.07, 6.45) is 5.37. The smallest absolute Gasteiger partial charge is 0.251 e. The van der Waals surface area contributed by atoms with Crippen molar-refractivity contribution in [2.45, 2.75) is 6.54 Å². The van der Waals surface area contributed by atoms with Gasteiger partial charge in [-0.1, -0.05) is 29.3 Å². The van der Waals surface area contributed by atoms with E-state index in [2.05, 4.69) is 9.97 Å². The topological polar surface area (TPSA) is 71.0 Å². The van der Waals surface area contributed by atoms with Crippen molar-refractivity contribution in [3.8, 4) is 11.1 Å². The Bertz CT molecular complexity index is 1350. The van der Waals surface area contributed by atoms with Crippen molar-refractivity contribution < 1.29 is 4.79 Å². The van der Waals surface area contributed by atoms with Crippen LogP contribution in [0.15, 0.2) is 59.8 Å². The molecule has 0 atom stereocenters. The quantitative estimate of drug-likeness (QED) is 0.519. The second-order valence-corrected chi connectivity index (χ2v) is 8.13. The number of aromatic amines is 1. The maximum absolute atomic E-state index is 12.7. The van der Waals surface area contributed by atoms with E-state index >= 15 is 0 Å². The Morgan fingerprint density at radius 1 is 1.03 bits per heavy atom. The average molecular weight is 439 g/mol. The van der Waals surface area contributed by atoms with Crippen molar-refractivity contribution in [2.24, 2.45) is 0 Å². The molecule has 3 aromatic heterocycles. The van der Waals surface area contributed by atoms with Crippen LogP contribution in [0, 0.1) is 0 Å². The summed E-state index contributed by atoms with van der Waals surface area (Å²) in [5.74, 6) is 0.218. The monoisotopic (exact) mass is 438 g/mol. The van der Waals surface area contributed by atoms with Gasteiger partial charge in [0.15, 0.2) is 5.78 Å². The molecule has 0 amide bonds. The molecule has 0 saturated carbocycles. The zero-order valence-corrected chi connectivity index (χ0v) is 17.2. The van der Waals surface area contributed by atoms with E-state index < -0.39 is 0 Å². The summed E-state index contributed by atoms with van der Waals surface area (Å²) < 4.78 is 1.62. The summed E-state index contributed by atoms with van der Waals surface area (Å²) in [6, 6.07) is 10.9. The van der Waals surface area contributed by atoms with Crippen LogP contribution in [-0.2, 0) is 11.3 Å². The lowest BCUT2D eigenvalue weighted by Crippen LogP contribution is -2.47. The Hall–Kier alpha value is -3.09. The summed E-state index contributed by atoms with van der Waals surface area (Å²) in [7, 11) is 0. The van der Waals surface area contributed by atoms with Crippen molar-refractivity contribution in [3.63, 3.8) is 0 Å². The fourth-order valence-corrected chi connectivity index (χ4v) is 3.93. The van der Waals surface area contributed by atoms with Crippen LogP contribution in [-0.4, -0.2) is 33.4 Å². The number of nitrogens with one attached hydrogen (secondary N) is 1. The molecule has 0 radical (unpaired) electrons. The molecule has 150 valence electrons. The predicted molar refractivity (Wildman–Crippen MR) is 119 cm³/mol. The summed E-state index contributed by atoms with van der Waals surface area (Å²) in [4.78, 5) is 33.6. The van der Waals surface area contributed by atoms with Crippen LogP contribution in [0.4, 0.5) is 5.69 Å². The lowest BCUT2D eigenvalue weighted by molar-refractivity contribution is -0.119. The molecular weight excluding hydrogens is 423 g/mol. The van der Waals surface area contributed by atoms with Gasteiger partial charge in [-0.3, -0.25) is 9.59 Å². The van der Waals surface area contributed by atoms with Gasteiger partial charge in [0.1, 0.15) is 5.65 Å². The number of benzene rings is 1. The minimum absolute atomic E-state index is 0.120. The predicted octanol–water partition coefficient (Wildman–Crippen LogP) is 4.14. The maximum Gasteiger partial charge on any atom is 0.251 e. The van der Waals surface area contributed by atoms with Crippen molar-refractivity contribution in [2.75, 3.05) is 18.0 Å². The van der Waals surface area contributed by atoms with Crippen molar-refractivity contribution in [3.05, 3.63) is 81.0 Å². The Morgan fingerprint density at radius 2 is 1.87 bits per heavy atom. The van der Waals surface area contributed by atoms with Gasteiger partial charge in [-0.05, 0) is 35.4 Å². The Labute approximate surface area is 181 Å². The normalized spacial score (nSPS) is 13.7. The van der Waals surface area contributed by atoms with E-state index in [1.807, 2.05) is 29.3 Å². The minimum atomic E-state index is -0.120. The number of aromatic nitrogens is 3. The molecule has 5 rings (SSSR count). The number of Topliss-reactive ketones (excluding diaryl/α,β-unsaturated/α-hetero) is 1. The second kappa shape index (κ2) is 7.31. The zero-order valence-electron chi connectivity index (χ0n) is 15.7. The molecule has 0 spiro atoms. The van der Waals surface area contributed by atoms with Crippen LogP contribution in [0.2, 0.25) is 10.0 Å². The number of rotatable bonds is 4. The highest BCUT2D eigenvalue weighted by molar-refractivity contribution is 6.42. The molecule has 0 aliphatic carbocycles. The van der Waals surface area contributed by atoms with E-state index in [1.165, 1.54) is 0 Å². The molecule has 8 heteroatoms. The van der Waals surface area contributed by atoms with Crippen molar-refractivity contribution in [1.82, 2.24) is 14.5 Å². The van der Waals surface area contributed by atoms with Crippen LogP contribution >= 0.6 is 23.2 Å². The van der Waals surface area contributed by atoms with E-state index in [0.29, 0.717) is 29.7 Å². The molecule has 30 heavy (non-hydrogen) atoms. The number of ketones is 1. The fourth-order valence-electron chi connectivity index (χ4n) is 3.61. The highest BCUT2D eigenvalue weighted by atomic mass is 35.5. The third kappa shape index (κ3) is 3.38. The number of carbonyl (C=O) groups is 1. The molecule has 1 fully saturated rings. The first-order valence-electron chi connectivity index (χ1n) is 9.36. The lowest BCUT2D eigenvalue weighted by Gasteiger charge is -2.31. The van der Waals surface area contributed by atoms with Crippen LogP contribution in [0.5, 0.6) is 0 Å². The van der Waals surface area contributed by atoms with Gasteiger partial charge in [0.25, 0.3) is 5.56 Å². The van der Waals surface area contributed by atoms with E-state index in [4.69, 9.17) is 23.2 Å². The minimum Gasteiger partial charge on any atom is -0.355 e. The van der Waals surface area contributed by atoms with Crippen LogP contribution in [0.25, 0.3) is 22.2 Å². The number of fused-ring (bicyclic) bond motifs is 1. The lowest BCUT2D eigenvalue weighted by atomic mass is 10.1. The van der Waals surface area contributed by atoms with Crippen molar-refractivity contribution >= 4 is 45.7 Å². The molecule has 6 nitrogen and oxygen atoms in total. The molecular formula is C22H16Cl2N4O2. The first kappa shape index (κ1) is 18.9. The number of nitrogens with zero attached hydrogens (tertiary/aromatic N) is 3. The molecule has 4 heterocycles. The Balaban J connectivity index is 1.47. The van der Waals surface area contributed by atoms with Crippen LogP contribution < -0.4 is 10.5 Å². The number of carbonyl (C=O) groups excluding carboxylic acids is 1. The molecule has 1 N–H and O–H groups in total. The highest BCUT2D eigenvalue weighted by Crippen LogP contribution is 2.30. The molecule has 1 aliphatic rings. The largest absolute Gasteiger partial charge is 0.355 e. The van der Waals surface area contributed by atoms with Gasteiger partial charge in [0.2, 0.25) is 0 Å². The molecule has 1 saturated heterocycles. The van der Waals surface area contributed by atoms with Crippen molar-refractivity contribution in [1.29, 1.82) is 0 Å². The first-order valence-corrected chi connectivity index (χ1v) is 10.1. The number of hydrogen-bond donors (Lipinski definition) is 1. The van der Waals surface area contributed by atoms with Crippen LogP contribution in [0.1, 0.15) is 5.56 Å². The van der Waals surface area contributed by atoms with E-state index in [1.54, 1.807) is 35.2 Å². The number of hydrogen-bond acceptors (Lipinski definition) is 4. The average Bonchev–Trinajstić information content (AvgIpc) is 3.13. The molecule has 0 bridgehead atoms. The summed E-state index contributed by atoms with van der Waals surface area (Å²) in [5, 5.41) is 1.86. The number of halogens is 2. The summed E-state index contributed by atoms with van der Waals surface area (Å²) in [6.45, 7) is 1.23.